The van der Waals surface area contributed by atoms with Crippen molar-refractivity contribution >= 4 is 16.5 Å². The first-order chi connectivity index (χ1) is 9.49. The van der Waals surface area contributed by atoms with E-state index in [4.69, 9.17) is 9.72 Å². The predicted octanol–water partition coefficient (Wildman–Crippen LogP) is 2.99. The highest BCUT2D eigenvalue weighted by Gasteiger charge is 2.24. The van der Waals surface area contributed by atoms with Gasteiger partial charge in [0.05, 0.1) is 24.9 Å². The topological polar surface area (TPSA) is 37.4 Å². The smallest absolute Gasteiger partial charge is 0.186 e. The number of ether oxygens (including phenoxy) is 1. The molecule has 20 heavy (non-hydrogen) atoms. The van der Waals surface area contributed by atoms with E-state index < -0.39 is 0 Å². The first kappa shape index (κ1) is 15.7. The average Bonchev–Trinajstić information content (AvgIpc) is 2.81. The van der Waals surface area contributed by atoms with Crippen LogP contribution in [0.5, 0.6) is 0 Å². The largest absolute Gasteiger partial charge is 0.377 e. The van der Waals surface area contributed by atoms with Gasteiger partial charge in [-0.25, -0.2) is 4.98 Å². The zero-order valence-corrected chi connectivity index (χ0v) is 14.1. The zero-order chi connectivity index (χ0) is 14.7. The highest BCUT2D eigenvalue weighted by Crippen LogP contribution is 2.32. The number of rotatable bonds is 5. The van der Waals surface area contributed by atoms with Crippen LogP contribution in [0, 0.1) is 0 Å². The van der Waals surface area contributed by atoms with Crippen molar-refractivity contribution < 1.29 is 4.74 Å². The summed E-state index contributed by atoms with van der Waals surface area (Å²) in [4.78, 5) is 8.68. The molecule has 5 heteroatoms. The van der Waals surface area contributed by atoms with Gasteiger partial charge >= 0.3 is 0 Å². The zero-order valence-electron chi connectivity index (χ0n) is 13.3. The molecule has 0 spiro atoms. The van der Waals surface area contributed by atoms with E-state index in [2.05, 4.69) is 44.8 Å². The summed E-state index contributed by atoms with van der Waals surface area (Å²) in [6.45, 7) is 14.5. The van der Waals surface area contributed by atoms with E-state index in [1.54, 1.807) is 0 Å². The second-order valence-corrected chi connectivity index (χ2v) is 7.17. The third-order valence-corrected chi connectivity index (χ3v) is 4.66. The Labute approximate surface area is 126 Å². The van der Waals surface area contributed by atoms with Crippen LogP contribution >= 0.6 is 11.3 Å². The standard InChI is InChI=1S/C15H27N3OS/c1-10(2)14-13(8-16-11(3)4)20-15(17-14)18-6-7-19-9-12(18)5/h10-12,16H,6-9H2,1-5H3. The summed E-state index contributed by atoms with van der Waals surface area (Å²) in [5.41, 5.74) is 1.25. The quantitative estimate of drug-likeness (QED) is 0.906. The molecule has 1 aliphatic rings. The number of aromatic nitrogens is 1. The molecule has 1 aromatic rings. The van der Waals surface area contributed by atoms with Crippen LogP contribution in [0.25, 0.3) is 0 Å². The molecule has 0 aromatic carbocycles. The Balaban J connectivity index is 2.19. The Bertz CT molecular complexity index is 431. The Hall–Kier alpha value is -0.650. The molecule has 114 valence electrons. The normalized spacial score (nSPS) is 20.1. The molecule has 1 saturated heterocycles. The van der Waals surface area contributed by atoms with Crippen LogP contribution < -0.4 is 10.2 Å². The molecule has 1 fully saturated rings. The molecule has 0 aliphatic carbocycles. The summed E-state index contributed by atoms with van der Waals surface area (Å²) < 4.78 is 5.52. The van der Waals surface area contributed by atoms with Crippen LogP contribution in [-0.2, 0) is 11.3 Å². The second-order valence-electron chi connectivity index (χ2n) is 6.11. The molecular formula is C15H27N3OS. The third kappa shape index (κ3) is 3.71. The lowest BCUT2D eigenvalue weighted by molar-refractivity contribution is 0.0989. The van der Waals surface area contributed by atoms with E-state index in [-0.39, 0.29) is 0 Å². The number of nitrogens with zero attached hydrogens (tertiary/aromatic N) is 2. The third-order valence-electron chi connectivity index (χ3n) is 3.55. The maximum Gasteiger partial charge on any atom is 0.186 e. The van der Waals surface area contributed by atoms with Gasteiger partial charge in [-0.1, -0.05) is 27.7 Å². The number of nitrogens with one attached hydrogen (secondary N) is 1. The van der Waals surface area contributed by atoms with Gasteiger partial charge in [-0.15, -0.1) is 11.3 Å². The fourth-order valence-corrected chi connectivity index (χ4v) is 3.65. The summed E-state index contributed by atoms with van der Waals surface area (Å²) in [7, 11) is 0. The van der Waals surface area contributed by atoms with E-state index >= 15 is 0 Å². The van der Waals surface area contributed by atoms with Crippen molar-refractivity contribution in [3.63, 3.8) is 0 Å². The Morgan fingerprint density at radius 3 is 2.75 bits per heavy atom. The summed E-state index contributed by atoms with van der Waals surface area (Å²) in [6, 6.07) is 0.920. The van der Waals surface area contributed by atoms with E-state index in [1.165, 1.54) is 10.6 Å². The van der Waals surface area contributed by atoms with E-state index in [9.17, 15) is 0 Å². The highest BCUT2D eigenvalue weighted by molar-refractivity contribution is 7.15. The van der Waals surface area contributed by atoms with Crippen LogP contribution in [0.2, 0.25) is 0 Å². The van der Waals surface area contributed by atoms with Gasteiger partial charge < -0.3 is 15.0 Å². The van der Waals surface area contributed by atoms with Gasteiger partial charge in [0.25, 0.3) is 0 Å². The summed E-state index contributed by atoms with van der Waals surface area (Å²) in [5.74, 6) is 0.473. The fourth-order valence-electron chi connectivity index (χ4n) is 2.36. The Kier molecular flexibility index (Phi) is 5.41. The summed E-state index contributed by atoms with van der Waals surface area (Å²) in [5, 5.41) is 4.67. The van der Waals surface area contributed by atoms with Crippen molar-refractivity contribution in [2.24, 2.45) is 0 Å². The Morgan fingerprint density at radius 2 is 2.15 bits per heavy atom. The average molecular weight is 297 g/mol. The number of thiazole rings is 1. The van der Waals surface area contributed by atoms with Gasteiger partial charge in [-0.3, -0.25) is 0 Å². The SMILES string of the molecule is CC(C)NCc1sc(N2CCOCC2C)nc1C(C)C. The summed E-state index contributed by atoms with van der Waals surface area (Å²) >= 11 is 1.84. The molecule has 1 unspecified atom stereocenters. The van der Waals surface area contributed by atoms with Gasteiger partial charge in [0.2, 0.25) is 0 Å². The molecular weight excluding hydrogens is 270 g/mol. The minimum atomic E-state index is 0.417. The molecule has 2 heterocycles. The van der Waals surface area contributed by atoms with Crippen LogP contribution in [-0.4, -0.2) is 36.8 Å². The molecule has 1 N–H and O–H groups in total. The van der Waals surface area contributed by atoms with Crippen molar-refractivity contribution in [3.8, 4) is 0 Å². The van der Waals surface area contributed by atoms with Crippen molar-refractivity contribution in [1.82, 2.24) is 10.3 Å². The Morgan fingerprint density at radius 1 is 1.40 bits per heavy atom. The van der Waals surface area contributed by atoms with Crippen LogP contribution in [0.3, 0.4) is 0 Å². The molecule has 1 aromatic heterocycles. The number of hydrogen-bond acceptors (Lipinski definition) is 5. The molecule has 0 saturated carbocycles. The molecule has 0 amide bonds. The second kappa shape index (κ2) is 6.87. The van der Waals surface area contributed by atoms with E-state index in [0.717, 1.165) is 31.4 Å². The number of anilines is 1. The minimum Gasteiger partial charge on any atom is -0.377 e. The molecule has 0 bridgehead atoms. The molecule has 1 aliphatic heterocycles. The molecule has 2 rings (SSSR count). The number of hydrogen-bond donors (Lipinski definition) is 1. The van der Waals surface area contributed by atoms with Crippen LogP contribution in [0.15, 0.2) is 0 Å². The maximum atomic E-state index is 5.52. The maximum absolute atomic E-state index is 5.52. The first-order valence-electron chi connectivity index (χ1n) is 7.56. The van der Waals surface area contributed by atoms with Gasteiger partial charge in [0.15, 0.2) is 5.13 Å². The van der Waals surface area contributed by atoms with Gasteiger partial charge in [0.1, 0.15) is 0 Å². The van der Waals surface area contributed by atoms with Crippen LogP contribution in [0.4, 0.5) is 5.13 Å². The van der Waals surface area contributed by atoms with E-state index in [0.29, 0.717) is 18.0 Å². The van der Waals surface area contributed by atoms with Crippen molar-refractivity contribution in [2.45, 2.75) is 59.2 Å². The minimum absolute atomic E-state index is 0.417. The number of morpholine rings is 1. The van der Waals surface area contributed by atoms with Crippen LogP contribution in [0.1, 0.15) is 51.1 Å². The monoisotopic (exact) mass is 297 g/mol. The molecule has 0 radical (unpaired) electrons. The highest BCUT2D eigenvalue weighted by atomic mass is 32.1. The molecule has 4 nitrogen and oxygen atoms in total. The van der Waals surface area contributed by atoms with Gasteiger partial charge in [-0.05, 0) is 12.8 Å². The lowest BCUT2D eigenvalue weighted by Gasteiger charge is -2.32. The van der Waals surface area contributed by atoms with Gasteiger partial charge in [0, 0.05) is 24.0 Å². The van der Waals surface area contributed by atoms with Crippen molar-refractivity contribution in [2.75, 3.05) is 24.7 Å². The predicted molar refractivity (Wildman–Crippen MR) is 85.8 cm³/mol. The van der Waals surface area contributed by atoms with Crippen molar-refractivity contribution in [1.29, 1.82) is 0 Å². The van der Waals surface area contributed by atoms with E-state index in [1.807, 2.05) is 11.3 Å². The molecule has 1 atom stereocenters. The first-order valence-corrected chi connectivity index (χ1v) is 8.38. The summed E-state index contributed by atoms with van der Waals surface area (Å²) in [6.07, 6.45) is 0. The lowest BCUT2D eigenvalue weighted by Crippen LogP contribution is -2.43. The van der Waals surface area contributed by atoms with Crippen molar-refractivity contribution in [3.05, 3.63) is 10.6 Å². The lowest BCUT2D eigenvalue weighted by atomic mass is 10.1. The van der Waals surface area contributed by atoms with Gasteiger partial charge in [-0.2, -0.15) is 0 Å². The fraction of sp³-hybridized carbons (Fsp3) is 0.800.